The van der Waals surface area contributed by atoms with Crippen LogP contribution in [-0.2, 0) is 4.79 Å². The predicted molar refractivity (Wildman–Crippen MR) is 111 cm³/mol. The van der Waals surface area contributed by atoms with Gasteiger partial charge in [-0.25, -0.2) is 0 Å². The number of nitrogens with one attached hydrogen (secondary N) is 3. The second-order valence-electron chi connectivity index (χ2n) is 6.70. The first-order valence-corrected chi connectivity index (χ1v) is 8.83. The van der Waals surface area contributed by atoms with Gasteiger partial charge in [-0.3, -0.25) is 14.4 Å². The van der Waals surface area contributed by atoms with Gasteiger partial charge in [0.1, 0.15) is 5.56 Å². The van der Waals surface area contributed by atoms with Gasteiger partial charge in [0.15, 0.2) is 0 Å². The Balaban J connectivity index is 1.65. The molecule has 0 spiro atoms. The molecule has 7 nitrogen and oxygen atoms in total. The molecule has 0 aliphatic heterocycles. The zero-order valence-corrected chi connectivity index (χ0v) is 16.0. The number of fused-ring (bicyclic) bond motifs is 1. The first kappa shape index (κ1) is 19.2. The van der Waals surface area contributed by atoms with Crippen molar-refractivity contribution in [2.75, 3.05) is 30.9 Å². The fraction of sp³-hybridized carbons (Fsp3) is 0.190. The summed E-state index contributed by atoms with van der Waals surface area (Å²) in [6, 6.07) is 12.5. The van der Waals surface area contributed by atoms with Crippen molar-refractivity contribution in [3.8, 4) is 0 Å². The highest BCUT2D eigenvalue weighted by Gasteiger charge is 2.14. The molecule has 3 N–H and O–H groups in total. The fourth-order valence-corrected chi connectivity index (χ4v) is 3.03. The number of carbonyl (C=O) groups is 2. The van der Waals surface area contributed by atoms with Crippen molar-refractivity contribution >= 4 is 34.1 Å². The summed E-state index contributed by atoms with van der Waals surface area (Å²) in [5.74, 6) is -0.969. The lowest BCUT2D eigenvalue weighted by Crippen LogP contribution is -2.35. The Hall–Kier alpha value is -3.61. The molecule has 7 heteroatoms. The maximum Gasteiger partial charge on any atom is 0.257 e. The minimum atomic E-state index is -0.596. The van der Waals surface area contributed by atoms with Gasteiger partial charge >= 0.3 is 0 Å². The van der Waals surface area contributed by atoms with Crippen molar-refractivity contribution in [2.45, 2.75) is 6.92 Å². The number of hydrogen-bond acceptors (Lipinski definition) is 4. The molecular formula is C21H22N4O3. The van der Waals surface area contributed by atoms with Crippen LogP contribution in [0.2, 0.25) is 0 Å². The average Bonchev–Trinajstić information content (AvgIpc) is 2.66. The molecular weight excluding hydrogens is 356 g/mol. The molecule has 0 atom stereocenters. The topological polar surface area (TPSA) is 94.3 Å². The van der Waals surface area contributed by atoms with Crippen molar-refractivity contribution < 1.29 is 9.59 Å². The molecule has 0 unspecified atom stereocenters. The summed E-state index contributed by atoms with van der Waals surface area (Å²) in [6.45, 7) is 1.72. The zero-order chi connectivity index (χ0) is 20.3. The summed E-state index contributed by atoms with van der Waals surface area (Å²) in [4.78, 5) is 41.8. The summed E-state index contributed by atoms with van der Waals surface area (Å²) in [5.41, 5.74) is 2.97. The van der Waals surface area contributed by atoms with Crippen LogP contribution in [0, 0.1) is 6.92 Å². The van der Waals surface area contributed by atoms with E-state index in [4.69, 9.17) is 0 Å². The Bertz CT molecular complexity index is 1100. The third kappa shape index (κ3) is 4.03. The van der Waals surface area contributed by atoms with Crippen LogP contribution in [0.25, 0.3) is 10.9 Å². The fourth-order valence-electron chi connectivity index (χ4n) is 3.03. The minimum absolute atomic E-state index is 0.0299. The number of pyridine rings is 1. The Morgan fingerprint density at radius 2 is 1.86 bits per heavy atom. The lowest BCUT2D eigenvalue weighted by molar-refractivity contribution is -0.115. The van der Waals surface area contributed by atoms with Crippen LogP contribution in [0.15, 0.2) is 53.5 Å². The molecule has 0 aliphatic carbocycles. The van der Waals surface area contributed by atoms with Gasteiger partial charge in [0, 0.05) is 42.6 Å². The van der Waals surface area contributed by atoms with E-state index in [9.17, 15) is 14.4 Å². The van der Waals surface area contributed by atoms with Gasteiger partial charge in [-0.15, -0.1) is 0 Å². The highest BCUT2D eigenvalue weighted by molar-refractivity contribution is 6.00. The second kappa shape index (κ2) is 7.96. The second-order valence-corrected chi connectivity index (χ2v) is 6.70. The number of aromatic nitrogens is 1. The number of rotatable bonds is 5. The molecule has 0 aliphatic rings. The molecule has 0 fully saturated rings. The van der Waals surface area contributed by atoms with Crippen LogP contribution in [0.5, 0.6) is 0 Å². The van der Waals surface area contributed by atoms with E-state index in [0.29, 0.717) is 16.6 Å². The molecule has 3 aromatic rings. The molecule has 0 saturated carbocycles. The molecule has 0 saturated heterocycles. The maximum absolute atomic E-state index is 12.4. The summed E-state index contributed by atoms with van der Waals surface area (Å²) >= 11 is 0. The van der Waals surface area contributed by atoms with Crippen LogP contribution in [0.1, 0.15) is 15.9 Å². The van der Waals surface area contributed by atoms with Gasteiger partial charge in [0.2, 0.25) is 11.3 Å². The van der Waals surface area contributed by atoms with Crippen LogP contribution < -0.4 is 21.0 Å². The Kier molecular flexibility index (Phi) is 5.44. The van der Waals surface area contributed by atoms with Crippen molar-refractivity contribution in [3.63, 3.8) is 0 Å². The van der Waals surface area contributed by atoms with E-state index in [1.165, 1.54) is 6.20 Å². The highest BCUT2D eigenvalue weighted by atomic mass is 16.2. The van der Waals surface area contributed by atoms with E-state index < -0.39 is 5.91 Å². The van der Waals surface area contributed by atoms with Gasteiger partial charge in [-0.05, 0) is 42.8 Å². The van der Waals surface area contributed by atoms with E-state index in [1.807, 2.05) is 38.1 Å². The normalized spacial score (nSPS) is 10.5. The number of anilines is 2. The first-order valence-electron chi connectivity index (χ1n) is 8.83. The summed E-state index contributed by atoms with van der Waals surface area (Å²) in [7, 11) is 3.90. The van der Waals surface area contributed by atoms with E-state index in [-0.39, 0.29) is 23.4 Å². The Morgan fingerprint density at radius 3 is 2.57 bits per heavy atom. The van der Waals surface area contributed by atoms with Crippen molar-refractivity contribution in [1.82, 2.24) is 10.3 Å². The number of para-hydroxylation sites is 1. The molecule has 0 radical (unpaired) electrons. The van der Waals surface area contributed by atoms with Crippen LogP contribution in [-0.4, -0.2) is 37.4 Å². The van der Waals surface area contributed by atoms with Crippen molar-refractivity contribution in [2.24, 2.45) is 0 Å². The third-order valence-electron chi connectivity index (χ3n) is 4.40. The molecule has 3 rings (SSSR count). The van der Waals surface area contributed by atoms with E-state index in [2.05, 4.69) is 15.6 Å². The molecule has 2 amide bonds. The molecule has 1 aromatic heterocycles. The van der Waals surface area contributed by atoms with Gasteiger partial charge in [-0.2, -0.15) is 0 Å². The predicted octanol–water partition coefficient (Wildman–Crippen LogP) is 2.27. The number of aryl methyl sites for hydroxylation is 1. The number of H-pyrrole nitrogens is 1. The van der Waals surface area contributed by atoms with Crippen LogP contribution in [0.3, 0.4) is 0 Å². The highest BCUT2D eigenvalue weighted by Crippen LogP contribution is 2.21. The van der Waals surface area contributed by atoms with Gasteiger partial charge in [-0.1, -0.05) is 12.1 Å². The Morgan fingerprint density at radius 1 is 1.11 bits per heavy atom. The smallest absolute Gasteiger partial charge is 0.257 e. The van der Waals surface area contributed by atoms with Gasteiger partial charge in [0.05, 0.1) is 6.54 Å². The lowest BCUT2D eigenvalue weighted by atomic mass is 10.1. The zero-order valence-electron chi connectivity index (χ0n) is 16.0. The largest absolute Gasteiger partial charge is 0.377 e. The molecule has 28 heavy (non-hydrogen) atoms. The molecule has 1 heterocycles. The average molecular weight is 378 g/mol. The van der Waals surface area contributed by atoms with Crippen LogP contribution >= 0.6 is 0 Å². The quantitative estimate of drug-likeness (QED) is 0.635. The van der Waals surface area contributed by atoms with Crippen LogP contribution in [0.4, 0.5) is 11.4 Å². The molecule has 0 bridgehead atoms. The molecule has 144 valence electrons. The maximum atomic E-state index is 12.4. The van der Waals surface area contributed by atoms with Gasteiger partial charge in [0.25, 0.3) is 5.91 Å². The van der Waals surface area contributed by atoms with Crippen molar-refractivity contribution in [3.05, 3.63) is 70.0 Å². The number of benzene rings is 2. The summed E-state index contributed by atoms with van der Waals surface area (Å²) in [5, 5.41) is 5.66. The van der Waals surface area contributed by atoms with E-state index in [0.717, 1.165) is 11.3 Å². The molecule has 2 aromatic carbocycles. The van der Waals surface area contributed by atoms with E-state index >= 15 is 0 Å². The number of aromatic amines is 1. The number of carbonyl (C=O) groups excluding carboxylic acids is 2. The standard InChI is InChI=1S/C21H22N4O3/c1-13-10-14(8-9-18(13)25(2)3)24-19(26)12-23-21(28)16-11-22-17-7-5-4-6-15(17)20(16)27/h4-11H,12H2,1-3H3,(H,22,27)(H,23,28)(H,24,26). The van der Waals surface area contributed by atoms with Gasteiger partial charge < -0.3 is 20.5 Å². The number of nitrogens with zero attached hydrogens (tertiary/aromatic N) is 1. The third-order valence-corrected chi connectivity index (χ3v) is 4.40. The summed E-state index contributed by atoms with van der Waals surface area (Å²) in [6.07, 6.45) is 1.36. The number of hydrogen-bond donors (Lipinski definition) is 3. The number of amides is 2. The monoisotopic (exact) mass is 378 g/mol. The van der Waals surface area contributed by atoms with Crippen molar-refractivity contribution in [1.29, 1.82) is 0 Å². The SMILES string of the molecule is Cc1cc(NC(=O)CNC(=O)c2c[nH]c3ccccc3c2=O)ccc1N(C)C. The lowest BCUT2D eigenvalue weighted by Gasteiger charge is -2.16. The minimum Gasteiger partial charge on any atom is -0.377 e. The van der Waals surface area contributed by atoms with E-state index in [1.54, 1.807) is 30.3 Å². The summed E-state index contributed by atoms with van der Waals surface area (Å²) < 4.78 is 0. The Labute approximate surface area is 162 Å². The first-order chi connectivity index (χ1) is 13.4.